The van der Waals surface area contributed by atoms with E-state index in [4.69, 9.17) is 5.11 Å². The molecule has 0 atom stereocenters. The fourth-order valence-corrected chi connectivity index (χ4v) is 2.95. The van der Waals surface area contributed by atoms with Crippen LogP contribution in [-0.4, -0.2) is 58.9 Å². The smallest absolute Gasteiger partial charge is 0.340 e. The summed E-state index contributed by atoms with van der Waals surface area (Å²) in [6.07, 6.45) is 0.834. The van der Waals surface area contributed by atoms with Crippen molar-refractivity contribution in [2.75, 3.05) is 13.1 Å². The van der Waals surface area contributed by atoms with Gasteiger partial charge in [-0.1, -0.05) is 0 Å². The van der Waals surface area contributed by atoms with Gasteiger partial charge in [0.2, 0.25) is 11.8 Å². The number of aromatic amines is 1. The Kier molecular flexibility index (Phi) is 3.08. The van der Waals surface area contributed by atoms with Crippen molar-refractivity contribution < 1.29 is 27.9 Å². The van der Waals surface area contributed by atoms with Crippen molar-refractivity contribution in [2.24, 2.45) is 0 Å². The van der Waals surface area contributed by atoms with Gasteiger partial charge in [-0.2, -0.15) is 9.40 Å². The lowest BCUT2D eigenvalue weighted by Crippen LogP contribution is -2.53. The number of sulfonamides is 1. The molecule has 0 saturated carbocycles. The van der Waals surface area contributed by atoms with Gasteiger partial charge in [-0.25, -0.2) is 13.2 Å². The minimum absolute atomic E-state index is 0.557. The molecule has 1 aromatic heterocycles. The van der Waals surface area contributed by atoms with Gasteiger partial charge in [0.15, 0.2) is 5.03 Å². The number of carboxylic acids is 1. The molecule has 1 aliphatic rings. The van der Waals surface area contributed by atoms with E-state index in [9.17, 15) is 22.8 Å². The van der Waals surface area contributed by atoms with Gasteiger partial charge in [0.25, 0.3) is 10.0 Å². The number of aromatic carboxylic acids is 1. The average molecular weight is 288 g/mol. The number of nitrogens with one attached hydrogen (secondary N) is 2. The van der Waals surface area contributed by atoms with Crippen LogP contribution in [0.2, 0.25) is 0 Å². The van der Waals surface area contributed by atoms with E-state index in [1.165, 1.54) is 0 Å². The molecule has 1 aromatic rings. The van der Waals surface area contributed by atoms with E-state index in [1.54, 1.807) is 0 Å². The first kappa shape index (κ1) is 13.2. The second kappa shape index (κ2) is 4.44. The Hall–Kier alpha value is -2.27. The molecule has 0 unspecified atom stereocenters. The van der Waals surface area contributed by atoms with Crippen LogP contribution in [0.25, 0.3) is 0 Å². The van der Waals surface area contributed by atoms with E-state index in [2.05, 4.69) is 10.2 Å². The van der Waals surface area contributed by atoms with Crippen LogP contribution in [0, 0.1) is 0 Å². The number of aromatic nitrogens is 2. The van der Waals surface area contributed by atoms with Crippen LogP contribution in [-0.2, 0) is 19.6 Å². The maximum atomic E-state index is 12.1. The van der Waals surface area contributed by atoms with Crippen molar-refractivity contribution >= 4 is 27.8 Å². The first-order chi connectivity index (χ1) is 8.82. The van der Waals surface area contributed by atoms with Crippen LogP contribution in [0.4, 0.5) is 0 Å². The molecule has 19 heavy (non-hydrogen) atoms. The lowest BCUT2D eigenvalue weighted by molar-refractivity contribution is -0.134. The molecule has 0 aromatic carbocycles. The number of H-pyrrole nitrogens is 1. The number of hydrogen-bond acceptors (Lipinski definition) is 6. The lowest BCUT2D eigenvalue weighted by Gasteiger charge is -2.24. The molecule has 1 fully saturated rings. The molecule has 2 amide bonds. The van der Waals surface area contributed by atoms with Crippen molar-refractivity contribution in [3.05, 3.63) is 11.8 Å². The predicted molar refractivity (Wildman–Crippen MR) is 57.5 cm³/mol. The second-order valence-electron chi connectivity index (χ2n) is 3.66. The number of imide groups is 1. The van der Waals surface area contributed by atoms with E-state index < -0.39 is 51.5 Å². The Balaban J connectivity index is 2.42. The highest BCUT2D eigenvalue weighted by molar-refractivity contribution is 7.89. The topological polar surface area (TPSA) is 150 Å². The average Bonchev–Trinajstić information content (AvgIpc) is 2.76. The number of carbonyl (C=O) groups is 3. The summed E-state index contributed by atoms with van der Waals surface area (Å²) in [6.45, 7) is -1.13. The summed E-state index contributed by atoms with van der Waals surface area (Å²) in [5.41, 5.74) is -0.557. The molecule has 0 radical (unpaired) electrons. The number of carboxylic acid groups (broad SMARTS) is 1. The summed E-state index contributed by atoms with van der Waals surface area (Å²) in [5.74, 6) is -3.05. The highest BCUT2D eigenvalue weighted by atomic mass is 32.2. The van der Waals surface area contributed by atoms with Crippen molar-refractivity contribution in [1.29, 1.82) is 0 Å². The molecular weight excluding hydrogens is 280 g/mol. The van der Waals surface area contributed by atoms with Gasteiger partial charge in [0.05, 0.1) is 19.3 Å². The third-order valence-corrected chi connectivity index (χ3v) is 4.12. The fourth-order valence-electron chi connectivity index (χ4n) is 1.53. The molecule has 11 heteroatoms. The highest BCUT2D eigenvalue weighted by Crippen LogP contribution is 2.18. The molecule has 0 spiro atoms. The third-order valence-electron chi connectivity index (χ3n) is 2.35. The van der Waals surface area contributed by atoms with Crippen molar-refractivity contribution in [2.45, 2.75) is 5.03 Å². The second-order valence-corrected chi connectivity index (χ2v) is 5.54. The zero-order valence-corrected chi connectivity index (χ0v) is 10.1. The van der Waals surface area contributed by atoms with Crippen molar-refractivity contribution in [3.63, 3.8) is 0 Å². The number of hydrogen-bond donors (Lipinski definition) is 3. The maximum absolute atomic E-state index is 12.1. The Labute approximate surface area is 106 Å². The molecule has 3 N–H and O–H groups in total. The normalized spacial score (nSPS) is 17.3. The summed E-state index contributed by atoms with van der Waals surface area (Å²) < 4.78 is 24.8. The molecule has 2 rings (SSSR count). The molecule has 102 valence electrons. The minimum atomic E-state index is -4.31. The Bertz CT molecular complexity index is 647. The summed E-state index contributed by atoms with van der Waals surface area (Å²) in [7, 11) is -4.31. The van der Waals surface area contributed by atoms with Crippen LogP contribution < -0.4 is 5.32 Å². The van der Waals surface area contributed by atoms with Crippen LogP contribution in [0.15, 0.2) is 11.2 Å². The highest BCUT2D eigenvalue weighted by Gasteiger charge is 2.36. The van der Waals surface area contributed by atoms with Gasteiger partial charge < -0.3 is 5.11 Å². The number of amides is 2. The third kappa shape index (κ3) is 2.32. The standard InChI is InChI=1S/C8H8N4O6S/c13-5-2-12(3-6(14)10-5)19(17,18)7-4(8(15)16)1-9-11-7/h1H,2-3H2,(H,9,11)(H,15,16)(H,10,13,14). The summed E-state index contributed by atoms with van der Waals surface area (Å²) >= 11 is 0. The quantitative estimate of drug-likeness (QED) is 0.532. The summed E-state index contributed by atoms with van der Waals surface area (Å²) in [6, 6.07) is 0. The van der Waals surface area contributed by atoms with Gasteiger partial charge in [-0.05, 0) is 0 Å². The molecular formula is C8H8N4O6S. The van der Waals surface area contributed by atoms with Crippen molar-refractivity contribution in [1.82, 2.24) is 19.8 Å². The molecule has 0 bridgehead atoms. The number of rotatable bonds is 3. The van der Waals surface area contributed by atoms with Crippen LogP contribution >= 0.6 is 0 Å². The van der Waals surface area contributed by atoms with E-state index in [1.807, 2.05) is 5.32 Å². The van der Waals surface area contributed by atoms with E-state index in [0.717, 1.165) is 6.20 Å². The van der Waals surface area contributed by atoms with Crippen LogP contribution in [0.1, 0.15) is 10.4 Å². The molecule has 2 heterocycles. The zero-order valence-electron chi connectivity index (χ0n) is 9.28. The molecule has 10 nitrogen and oxygen atoms in total. The molecule has 0 aliphatic carbocycles. The van der Waals surface area contributed by atoms with Crippen LogP contribution in [0.3, 0.4) is 0 Å². The SMILES string of the molecule is O=C1CN(S(=O)(=O)c2[nH]ncc2C(=O)O)CC(=O)N1. The summed E-state index contributed by atoms with van der Waals surface area (Å²) in [5, 5.41) is 15.5. The first-order valence-corrected chi connectivity index (χ1v) is 6.36. The number of nitrogens with zero attached hydrogens (tertiary/aromatic N) is 2. The predicted octanol–water partition coefficient (Wildman–Crippen LogP) is -2.24. The van der Waals surface area contributed by atoms with Crippen molar-refractivity contribution in [3.8, 4) is 0 Å². The van der Waals surface area contributed by atoms with Gasteiger partial charge >= 0.3 is 5.97 Å². The monoisotopic (exact) mass is 288 g/mol. The fraction of sp³-hybridized carbons (Fsp3) is 0.250. The summed E-state index contributed by atoms with van der Waals surface area (Å²) in [4.78, 5) is 33.1. The van der Waals surface area contributed by atoms with E-state index in [-0.39, 0.29) is 0 Å². The molecule has 1 saturated heterocycles. The van der Waals surface area contributed by atoms with Gasteiger partial charge in [0.1, 0.15) is 5.56 Å². The number of piperazine rings is 1. The molecule has 1 aliphatic heterocycles. The Morgan fingerprint density at radius 2 is 1.89 bits per heavy atom. The van der Waals surface area contributed by atoms with Crippen LogP contribution in [0.5, 0.6) is 0 Å². The van der Waals surface area contributed by atoms with Gasteiger partial charge in [0, 0.05) is 0 Å². The first-order valence-electron chi connectivity index (χ1n) is 4.92. The maximum Gasteiger partial charge on any atom is 0.340 e. The Morgan fingerprint density at radius 3 is 2.42 bits per heavy atom. The van der Waals surface area contributed by atoms with Gasteiger partial charge in [-0.3, -0.25) is 20.0 Å². The Morgan fingerprint density at radius 1 is 1.32 bits per heavy atom. The van der Waals surface area contributed by atoms with E-state index in [0.29, 0.717) is 4.31 Å². The minimum Gasteiger partial charge on any atom is -0.478 e. The number of carbonyl (C=O) groups excluding carboxylic acids is 2. The lowest BCUT2D eigenvalue weighted by atomic mass is 10.4. The largest absolute Gasteiger partial charge is 0.478 e. The zero-order chi connectivity index (χ0) is 14.2. The van der Waals surface area contributed by atoms with Gasteiger partial charge in [-0.15, -0.1) is 0 Å². The van der Waals surface area contributed by atoms with E-state index >= 15 is 0 Å².